The molecule has 4 heteroatoms. The lowest BCUT2D eigenvalue weighted by Crippen LogP contribution is -2.54. The van der Waals surface area contributed by atoms with Crippen molar-refractivity contribution in [2.24, 2.45) is 11.8 Å². The van der Waals surface area contributed by atoms with E-state index in [1.165, 1.54) is 24.8 Å². The Morgan fingerprint density at radius 3 is 2.38 bits per heavy atom. The number of carbonyl (C=O) groups excluding carboxylic acids is 1. The number of para-hydroxylation sites is 1. The summed E-state index contributed by atoms with van der Waals surface area (Å²) in [5.74, 6) is 2.98. The minimum atomic E-state index is 0.0500. The van der Waals surface area contributed by atoms with Crippen molar-refractivity contribution in [2.45, 2.75) is 77.3 Å². The highest BCUT2D eigenvalue weighted by molar-refractivity contribution is 5.86. The summed E-state index contributed by atoms with van der Waals surface area (Å²) >= 11 is 0. The first-order chi connectivity index (χ1) is 16.7. The van der Waals surface area contributed by atoms with E-state index in [-0.39, 0.29) is 12.0 Å². The van der Waals surface area contributed by atoms with E-state index in [0.29, 0.717) is 17.7 Å². The molecule has 1 aliphatic carbocycles. The summed E-state index contributed by atoms with van der Waals surface area (Å²) in [5.41, 5.74) is 1.26. The van der Waals surface area contributed by atoms with Crippen LogP contribution in [0.1, 0.15) is 64.4 Å². The number of Topliss-reactive ketones (excluding diaryl/α,β-unsaturated/α-hetero) is 1. The van der Waals surface area contributed by atoms with E-state index < -0.39 is 0 Å². The van der Waals surface area contributed by atoms with Crippen LogP contribution in [0.4, 0.5) is 0 Å². The zero-order valence-corrected chi connectivity index (χ0v) is 21.0. The Labute approximate surface area is 206 Å². The fourth-order valence-corrected chi connectivity index (χ4v) is 6.06. The minimum absolute atomic E-state index is 0.0500. The molecular weight excluding hydrogens is 420 g/mol. The molecule has 2 atom stereocenters. The molecule has 1 aliphatic heterocycles. The van der Waals surface area contributed by atoms with Crippen LogP contribution in [0, 0.1) is 11.8 Å². The molecule has 1 saturated carbocycles. The summed E-state index contributed by atoms with van der Waals surface area (Å²) in [7, 11) is 0. The molecular formula is C30H42N2O2. The van der Waals surface area contributed by atoms with Crippen molar-refractivity contribution < 1.29 is 9.53 Å². The second kappa shape index (κ2) is 12.5. The largest absolute Gasteiger partial charge is 0.457 e. The Balaban J connectivity index is 1.49. The average molecular weight is 463 g/mol. The van der Waals surface area contributed by atoms with Gasteiger partial charge in [0.2, 0.25) is 0 Å². The maximum Gasteiger partial charge on any atom is 0.153 e. The SMILES string of the molecule is CCN(C(C)Cc1cccc(Oc2ccccc2)c1)C(C(=O)C1CCCCC1)C1CCNCC1. The van der Waals surface area contributed by atoms with Crippen molar-refractivity contribution in [3.63, 3.8) is 0 Å². The molecule has 1 saturated heterocycles. The number of hydrogen-bond donors (Lipinski definition) is 1. The van der Waals surface area contributed by atoms with Gasteiger partial charge in [-0.15, -0.1) is 0 Å². The van der Waals surface area contributed by atoms with E-state index in [1.54, 1.807) is 0 Å². The van der Waals surface area contributed by atoms with E-state index in [4.69, 9.17) is 4.74 Å². The number of likely N-dealkylation sites (N-methyl/N-ethyl adjacent to an activating group) is 1. The minimum Gasteiger partial charge on any atom is -0.457 e. The van der Waals surface area contributed by atoms with E-state index in [9.17, 15) is 4.79 Å². The third-order valence-electron chi connectivity index (χ3n) is 7.83. The number of benzene rings is 2. The molecule has 2 aliphatic rings. The quantitative estimate of drug-likeness (QED) is 0.453. The Kier molecular flexibility index (Phi) is 9.18. The predicted octanol–water partition coefficient (Wildman–Crippen LogP) is 6.25. The van der Waals surface area contributed by atoms with Crippen LogP contribution in [-0.4, -0.2) is 42.4 Å². The van der Waals surface area contributed by atoms with Crippen LogP contribution in [-0.2, 0) is 11.2 Å². The van der Waals surface area contributed by atoms with Gasteiger partial charge in [-0.25, -0.2) is 0 Å². The van der Waals surface area contributed by atoms with Crippen molar-refractivity contribution in [3.8, 4) is 11.5 Å². The normalized spacial score (nSPS) is 19.6. The molecule has 0 radical (unpaired) electrons. The fraction of sp³-hybridized carbons (Fsp3) is 0.567. The van der Waals surface area contributed by atoms with E-state index in [2.05, 4.69) is 42.3 Å². The smallest absolute Gasteiger partial charge is 0.153 e. The van der Waals surface area contributed by atoms with Crippen molar-refractivity contribution in [2.75, 3.05) is 19.6 Å². The standard InChI is InChI=1S/C30H42N2O2/c1-3-32(29(25-17-19-31-20-18-25)30(33)26-12-6-4-7-13-26)23(2)21-24-11-10-16-28(22-24)34-27-14-8-5-9-15-27/h5,8-11,14-16,22-23,25-26,29,31H,3-4,6-7,12-13,17-21H2,1-2H3. The van der Waals surface area contributed by atoms with Gasteiger partial charge < -0.3 is 10.1 Å². The summed E-state index contributed by atoms with van der Waals surface area (Å²) in [6.07, 6.45) is 9.02. The highest BCUT2D eigenvalue weighted by Crippen LogP contribution is 2.32. The van der Waals surface area contributed by atoms with Crippen molar-refractivity contribution in [3.05, 3.63) is 60.2 Å². The van der Waals surface area contributed by atoms with Crippen molar-refractivity contribution >= 4 is 5.78 Å². The van der Waals surface area contributed by atoms with E-state index in [1.807, 2.05) is 36.4 Å². The Hall–Kier alpha value is -2.17. The van der Waals surface area contributed by atoms with Crippen LogP contribution < -0.4 is 10.1 Å². The lowest BCUT2D eigenvalue weighted by molar-refractivity contribution is -0.132. The molecule has 34 heavy (non-hydrogen) atoms. The van der Waals surface area contributed by atoms with Gasteiger partial charge in [0, 0.05) is 12.0 Å². The number of ether oxygens (including phenoxy) is 1. The number of ketones is 1. The molecule has 2 fully saturated rings. The summed E-state index contributed by atoms with van der Waals surface area (Å²) < 4.78 is 6.07. The first-order valence-electron chi connectivity index (χ1n) is 13.5. The van der Waals surface area contributed by atoms with E-state index >= 15 is 0 Å². The van der Waals surface area contributed by atoms with Crippen LogP contribution in [0.2, 0.25) is 0 Å². The number of carbonyl (C=O) groups is 1. The van der Waals surface area contributed by atoms with Gasteiger partial charge in [-0.1, -0.05) is 56.5 Å². The van der Waals surface area contributed by atoms with Crippen molar-refractivity contribution in [1.29, 1.82) is 0 Å². The molecule has 4 nitrogen and oxygen atoms in total. The second-order valence-corrected chi connectivity index (χ2v) is 10.2. The number of nitrogens with one attached hydrogen (secondary N) is 1. The second-order valence-electron chi connectivity index (χ2n) is 10.2. The fourth-order valence-electron chi connectivity index (χ4n) is 6.06. The van der Waals surface area contributed by atoms with Gasteiger partial charge in [0.15, 0.2) is 5.78 Å². The summed E-state index contributed by atoms with van der Waals surface area (Å²) in [4.78, 5) is 16.5. The van der Waals surface area contributed by atoms with Gasteiger partial charge in [-0.3, -0.25) is 9.69 Å². The van der Waals surface area contributed by atoms with Crippen molar-refractivity contribution in [1.82, 2.24) is 10.2 Å². The Bertz CT molecular complexity index is 888. The lowest BCUT2D eigenvalue weighted by atomic mass is 9.77. The number of piperidine rings is 1. The molecule has 184 valence electrons. The number of hydrogen-bond acceptors (Lipinski definition) is 4. The molecule has 0 aromatic heterocycles. The van der Waals surface area contributed by atoms with Gasteiger partial charge in [0.25, 0.3) is 0 Å². The lowest BCUT2D eigenvalue weighted by Gasteiger charge is -2.42. The molecule has 0 spiro atoms. The molecule has 1 heterocycles. The topological polar surface area (TPSA) is 41.6 Å². The van der Waals surface area contributed by atoms with Gasteiger partial charge in [0.1, 0.15) is 11.5 Å². The third-order valence-corrected chi connectivity index (χ3v) is 7.83. The highest BCUT2D eigenvalue weighted by atomic mass is 16.5. The molecule has 4 rings (SSSR count). The van der Waals surface area contributed by atoms with Crippen LogP contribution in [0.15, 0.2) is 54.6 Å². The number of nitrogens with zero attached hydrogens (tertiary/aromatic N) is 1. The van der Waals surface area contributed by atoms with Gasteiger partial charge in [0.05, 0.1) is 6.04 Å². The Morgan fingerprint density at radius 1 is 0.971 bits per heavy atom. The van der Waals surface area contributed by atoms with Crippen LogP contribution in [0.25, 0.3) is 0 Å². The van der Waals surface area contributed by atoms with Gasteiger partial charge in [-0.2, -0.15) is 0 Å². The molecule has 1 N–H and O–H groups in total. The summed E-state index contributed by atoms with van der Waals surface area (Å²) in [6, 6.07) is 18.7. The maximum absolute atomic E-state index is 13.9. The van der Waals surface area contributed by atoms with E-state index in [0.717, 1.165) is 63.2 Å². The first kappa shape index (κ1) is 24.9. The average Bonchev–Trinajstić information content (AvgIpc) is 2.88. The molecule has 2 unspecified atom stereocenters. The highest BCUT2D eigenvalue weighted by Gasteiger charge is 2.39. The molecule has 2 aromatic carbocycles. The summed E-state index contributed by atoms with van der Waals surface area (Å²) in [5, 5.41) is 3.50. The van der Waals surface area contributed by atoms with Gasteiger partial charge in [-0.05, 0) is 94.4 Å². The molecule has 0 amide bonds. The maximum atomic E-state index is 13.9. The molecule has 2 aromatic rings. The number of rotatable bonds is 10. The summed E-state index contributed by atoms with van der Waals surface area (Å²) in [6.45, 7) is 7.51. The van der Waals surface area contributed by atoms with Crippen LogP contribution >= 0.6 is 0 Å². The third kappa shape index (κ3) is 6.49. The predicted molar refractivity (Wildman–Crippen MR) is 139 cm³/mol. The monoisotopic (exact) mass is 462 g/mol. The first-order valence-corrected chi connectivity index (χ1v) is 13.5. The van der Waals surface area contributed by atoms with Crippen LogP contribution in [0.5, 0.6) is 11.5 Å². The molecule has 0 bridgehead atoms. The zero-order valence-electron chi connectivity index (χ0n) is 21.0. The Morgan fingerprint density at radius 2 is 1.68 bits per heavy atom. The van der Waals surface area contributed by atoms with Crippen LogP contribution in [0.3, 0.4) is 0 Å². The zero-order chi connectivity index (χ0) is 23.8. The van der Waals surface area contributed by atoms with Gasteiger partial charge >= 0.3 is 0 Å².